The molecule has 62 valence electrons. The Balaban J connectivity index is 3.06. The van der Waals surface area contributed by atoms with Gasteiger partial charge in [-0.05, 0) is 42.7 Å². The monoisotopic (exact) mass is 169 g/mol. The van der Waals surface area contributed by atoms with E-state index in [4.69, 9.17) is 0 Å². The SMILES string of the molecule is Cc1cc(S(C)(C)C)ccn1. The lowest BCUT2D eigenvalue weighted by Gasteiger charge is -2.25. The third-order valence-electron chi connectivity index (χ3n) is 1.58. The van der Waals surface area contributed by atoms with Crippen LogP contribution in [0.4, 0.5) is 0 Å². The number of aromatic nitrogens is 1. The molecule has 0 fully saturated rings. The fraction of sp³-hybridized carbons (Fsp3) is 0.444. The minimum absolute atomic E-state index is 0.565. The summed E-state index contributed by atoms with van der Waals surface area (Å²) in [5.74, 6) is 0. The quantitative estimate of drug-likeness (QED) is 0.629. The van der Waals surface area contributed by atoms with Gasteiger partial charge in [0.05, 0.1) is 0 Å². The maximum absolute atomic E-state index is 4.17. The summed E-state index contributed by atoms with van der Waals surface area (Å²) in [6.45, 7) is 2.04. The second kappa shape index (κ2) is 2.86. The van der Waals surface area contributed by atoms with Crippen molar-refractivity contribution in [3.63, 3.8) is 0 Å². The third-order valence-corrected chi connectivity index (χ3v) is 3.24. The minimum atomic E-state index is -0.565. The first kappa shape index (κ1) is 8.60. The molecular weight excluding hydrogens is 154 g/mol. The van der Waals surface area contributed by atoms with Crippen LogP contribution in [0.5, 0.6) is 0 Å². The van der Waals surface area contributed by atoms with Crippen LogP contribution in [0.15, 0.2) is 23.2 Å². The Labute approximate surface area is 70.2 Å². The fourth-order valence-corrected chi connectivity index (χ4v) is 1.89. The van der Waals surface area contributed by atoms with E-state index in [-0.39, 0.29) is 0 Å². The van der Waals surface area contributed by atoms with Crippen molar-refractivity contribution in [1.29, 1.82) is 0 Å². The fourth-order valence-electron chi connectivity index (χ4n) is 0.900. The molecular formula is C9H15NS. The van der Waals surface area contributed by atoms with Gasteiger partial charge in [-0.15, -0.1) is 0 Å². The zero-order valence-corrected chi connectivity index (χ0v) is 8.40. The van der Waals surface area contributed by atoms with E-state index in [0.717, 1.165) is 5.69 Å². The predicted molar refractivity (Wildman–Crippen MR) is 52.6 cm³/mol. The Morgan fingerprint density at radius 3 is 2.27 bits per heavy atom. The average Bonchev–Trinajstić information content (AvgIpc) is 1.86. The van der Waals surface area contributed by atoms with E-state index in [1.54, 1.807) is 0 Å². The van der Waals surface area contributed by atoms with Crippen LogP contribution >= 0.6 is 10.0 Å². The van der Waals surface area contributed by atoms with Crippen molar-refractivity contribution in [3.8, 4) is 0 Å². The molecule has 1 aromatic rings. The Kier molecular flexibility index (Phi) is 2.23. The highest BCUT2D eigenvalue weighted by atomic mass is 32.3. The van der Waals surface area contributed by atoms with Crippen molar-refractivity contribution in [3.05, 3.63) is 24.0 Å². The smallest absolute Gasteiger partial charge is 0.0383 e. The van der Waals surface area contributed by atoms with E-state index in [2.05, 4.69) is 35.9 Å². The van der Waals surface area contributed by atoms with Crippen molar-refractivity contribution >= 4 is 10.0 Å². The summed E-state index contributed by atoms with van der Waals surface area (Å²) in [7, 11) is -0.565. The van der Waals surface area contributed by atoms with Gasteiger partial charge in [0.15, 0.2) is 0 Å². The molecule has 0 aliphatic heterocycles. The molecule has 0 spiro atoms. The van der Waals surface area contributed by atoms with Crippen molar-refractivity contribution in [2.45, 2.75) is 11.8 Å². The predicted octanol–water partition coefficient (Wildman–Crippen LogP) is 2.44. The summed E-state index contributed by atoms with van der Waals surface area (Å²) in [5.41, 5.74) is 1.12. The molecule has 1 heterocycles. The van der Waals surface area contributed by atoms with Crippen LogP contribution in [0.1, 0.15) is 5.69 Å². The normalized spacial score (nSPS) is 13.1. The van der Waals surface area contributed by atoms with Gasteiger partial charge in [0.25, 0.3) is 0 Å². The van der Waals surface area contributed by atoms with E-state index in [9.17, 15) is 0 Å². The van der Waals surface area contributed by atoms with Gasteiger partial charge in [-0.25, -0.2) is 10.0 Å². The van der Waals surface area contributed by atoms with Crippen LogP contribution < -0.4 is 0 Å². The zero-order valence-electron chi connectivity index (χ0n) is 7.59. The van der Waals surface area contributed by atoms with E-state index in [1.807, 2.05) is 13.1 Å². The van der Waals surface area contributed by atoms with Gasteiger partial charge in [-0.3, -0.25) is 4.98 Å². The summed E-state index contributed by atoms with van der Waals surface area (Å²) in [6.07, 6.45) is 8.77. The van der Waals surface area contributed by atoms with Crippen molar-refractivity contribution in [2.24, 2.45) is 0 Å². The molecule has 0 unspecified atom stereocenters. The molecule has 0 radical (unpaired) electrons. The molecule has 0 saturated heterocycles. The van der Waals surface area contributed by atoms with Gasteiger partial charge >= 0.3 is 0 Å². The number of aryl methyl sites for hydroxylation is 1. The highest BCUT2D eigenvalue weighted by Crippen LogP contribution is 2.44. The second-order valence-electron chi connectivity index (χ2n) is 3.47. The van der Waals surface area contributed by atoms with Crippen LogP contribution in [0, 0.1) is 6.92 Å². The first-order valence-electron chi connectivity index (χ1n) is 3.61. The maximum Gasteiger partial charge on any atom is 0.0383 e. The largest absolute Gasteiger partial charge is 0.262 e. The lowest BCUT2D eigenvalue weighted by Crippen LogP contribution is -1.93. The molecule has 2 heteroatoms. The van der Waals surface area contributed by atoms with Crippen LogP contribution in [0.3, 0.4) is 0 Å². The summed E-state index contributed by atoms with van der Waals surface area (Å²) in [5, 5.41) is 0. The molecule has 0 aromatic carbocycles. The van der Waals surface area contributed by atoms with Crippen LogP contribution in [0.25, 0.3) is 0 Å². The first-order valence-corrected chi connectivity index (χ1v) is 6.47. The molecule has 1 rings (SSSR count). The van der Waals surface area contributed by atoms with Crippen molar-refractivity contribution < 1.29 is 0 Å². The standard InChI is InChI=1S/C9H15NS/c1-8-7-9(5-6-10-8)11(2,3)4/h5-7H,1-4H3. The molecule has 0 aliphatic carbocycles. The van der Waals surface area contributed by atoms with Crippen LogP contribution in [0.2, 0.25) is 0 Å². The number of hydrogen-bond donors (Lipinski definition) is 0. The minimum Gasteiger partial charge on any atom is -0.262 e. The van der Waals surface area contributed by atoms with Gasteiger partial charge in [0.1, 0.15) is 0 Å². The first-order chi connectivity index (χ1) is 5.00. The van der Waals surface area contributed by atoms with Gasteiger partial charge in [-0.2, -0.15) is 0 Å². The Bertz CT molecular complexity index is 250. The highest BCUT2D eigenvalue weighted by molar-refractivity contribution is 8.32. The number of hydrogen-bond acceptors (Lipinski definition) is 1. The van der Waals surface area contributed by atoms with E-state index < -0.39 is 10.0 Å². The number of pyridine rings is 1. The van der Waals surface area contributed by atoms with Crippen molar-refractivity contribution in [1.82, 2.24) is 4.98 Å². The van der Waals surface area contributed by atoms with Crippen LogP contribution in [-0.2, 0) is 0 Å². The summed E-state index contributed by atoms with van der Waals surface area (Å²) >= 11 is 0. The average molecular weight is 169 g/mol. The molecule has 0 N–H and O–H groups in total. The molecule has 11 heavy (non-hydrogen) atoms. The summed E-state index contributed by atoms with van der Waals surface area (Å²) < 4.78 is 0. The topological polar surface area (TPSA) is 12.9 Å². The highest BCUT2D eigenvalue weighted by Gasteiger charge is 2.06. The Morgan fingerprint density at radius 2 is 1.91 bits per heavy atom. The Morgan fingerprint density at radius 1 is 1.27 bits per heavy atom. The molecule has 0 bridgehead atoms. The van der Waals surface area contributed by atoms with Gasteiger partial charge in [-0.1, -0.05) is 0 Å². The maximum atomic E-state index is 4.17. The van der Waals surface area contributed by atoms with Crippen LogP contribution in [-0.4, -0.2) is 23.8 Å². The summed E-state index contributed by atoms with van der Waals surface area (Å²) in [6, 6.07) is 4.29. The zero-order chi connectivity index (χ0) is 8.48. The Hall–Kier alpha value is -0.500. The summed E-state index contributed by atoms with van der Waals surface area (Å²) in [4.78, 5) is 5.60. The van der Waals surface area contributed by atoms with Gasteiger partial charge < -0.3 is 0 Å². The second-order valence-corrected chi connectivity index (χ2v) is 7.62. The molecule has 0 atom stereocenters. The lowest BCUT2D eigenvalue weighted by molar-refractivity contribution is 1.15. The molecule has 1 aromatic heterocycles. The molecule has 0 amide bonds. The number of rotatable bonds is 1. The molecule has 0 aliphatic rings. The van der Waals surface area contributed by atoms with Crippen molar-refractivity contribution in [2.75, 3.05) is 18.8 Å². The van der Waals surface area contributed by atoms with E-state index in [0.29, 0.717) is 0 Å². The number of nitrogens with zero attached hydrogens (tertiary/aromatic N) is 1. The third kappa shape index (κ3) is 2.22. The lowest BCUT2D eigenvalue weighted by atomic mass is 10.4. The van der Waals surface area contributed by atoms with E-state index >= 15 is 0 Å². The van der Waals surface area contributed by atoms with E-state index in [1.165, 1.54) is 4.90 Å². The van der Waals surface area contributed by atoms with Gasteiger partial charge in [0, 0.05) is 11.9 Å². The molecule has 1 nitrogen and oxygen atoms in total. The van der Waals surface area contributed by atoms with Gasteiger partial charge in [0.2, 0.25) is 0 Å². The molecule has 0 saturated carbocycles.